The van der Waals surface area contributed by atoms with E-state index in [1.807, 2.05) is 6.92 Å². The standard InChI is InChI=1S/C10H21NO4/c1-2-4-9(10(13)14)11-5-3-7-15-8-6-12/h9,11-12H,2-8H2,1H3,(H,13,14). The maximum atomic E-state index is 10.7. The summed E-state index contributed by atoms with van der Waals surface area (Å²) in [5, 5.41) is 20.2. The summed E-state index contributed by atoms with van der Waals surface area (Å²) in [4.78, 5) is 10.7. The van der Waals surface area contributed by atoms with Crippen molar-refractivity contribution in [2.45, 2.75) is 32.2 Å². The second kappa shape index (κ2) is 9.89. The van der Waals surface area contributed by atoms with E-state index in [4.69, 9.17) is 14.9 Å². The molecule has 5 nitrogen and oxygen atoms in total. The number of carboxylic acid groups (broad SMARTS) is 1. The first kappa shape index (κ1) is 14.3. The molecule has 0 aliphatic rings. The summed E-state index contributed by atoms with van der Waals surface area (Å²) < 4.78 is 5.05. The lowest BCUT2D eigenvalue weighted by Gasteiger charge is -2.13. The zero-order chi connectivity index (χ0) is 11.5. The van der Waals surface area contributed by atoms with Crippen molar-refractivity contribution < 1.29 is 19.7 Å². The fourth-order valence-electron chi connectivity index (χ4n) is 1.22. The second-order valence-corrected chi connectivity index (χ2v) is 3.32. The highest BCUT2D eigenvalue weighted by Gasteiger charge is 2.14. The van der Waals surface area contributed by atoms with E-state index < -0.39 is 12.0 Å². The molecule has 3 N–H and O–H groups in total. The summed E-state index contributed by atoms with van der Waals surface area (Å²) in [7, 11) is 0. The normalized spacial score (nSPS) is 12.7. The minimum Gasteiger partial charge on any atom is -0.480 e. The third-order valence-electron chi connectivity index (χ3n) is 1.97. The number of aliphatic hydroxyl groups excluding tert-OH is 1. The monoisotopic (exact) mass is 219 g/mol. The first-order valence-corrected chi connectivity index (χ1v) is 5.37. The SMILES string of the molecule is CCCC(NCCCOCCO)C(=O)O. The Hall–Kier alpha value is -0.650. The fourth-order valence-corrected chi connectivity index (χ4v) is 1.22. The average Bonchev–Trinajstić information content (AvgIpc) is 2.21. The van der Waals surface area contributed by atoms with Gasteiger partial charge in [-0.3, -0.25) is 4.79 Å². The number of aliphatic carboxylic acids is 1. The fraction of sp³-hybridized carbons (Fsp3) is 0.900. The molecule has 0 rings (SSSR count). The zero-order valence-corrected chi connectivity index (χ0v) is 9.24. The van der Waals surface area contributed by atoms with Gasteiger partial charge < -0.3 is 20.3 Å². The largest absolute Gasteiger partial charge is 0.480 e. The number of ether oxygens (including phenoxy) is 1. The van der Waals surface area contributed by atoms with Crippen molar-refractivity contribution in [2.75, 3.05) is 26.4 Å². The van der Waals surface area contributed by atoms with Gasteiger partial charge in [-0.15, -0.1) is 0 Å². The van der Waals surface area contributed by atoms with Gasteiger partial charge in [-0.25, -0.2) is 0 Å². The van der Waals surface area contributed by atoms with Crippen LogP contribution in [0.15, 0.2) is 0 Å². The third kappa shape index (κ3) is 8.35. The number of aliphatic hydroxyl groups is 1. The maximum Gasteiger partial charge on any atom is 0.320 e. The smallest absolute Gasteiger partial charge is 0.320 e. The number of rotatable bonds is 10. The summed E-state index contributed by atoms with van der Waals surface area (Å²) >= 11 is 0. The summed E-state index contributed by atoms with van der Waals surface area (Å²) in [6.45, 7) is 3.51. The van der Waals surface area contributed by atoms with Gasteiger partial charge in [0.15, 0.2) is 0 Å². The number of nitrogens with one attached hydrogen (secondary N) is 1. The molecule has 0 aliphatic heterocycles. The van der Waals surface area contributed by atoms with Gasteiger partial charge in [0.05, 0.1) is 13.2 Å². The molecule has 0 aromatic rings. The van der Waals surface area contributed by atoms with Crippen LogP contribution in [0.3, 0.4) is 0 Å². The van der Waals surface area contributed by atoms with E-state index in [9.17, 15) is 4.79 Å². The molecule has 1 atom stereocenters. The van der Waals surface area contributed by atoms with Gasteiger partial charge >= 0.3 is 5.97 Å². The molecule has 15 heavy (non-hydrogen) atoms. The first-order valence-electron chi connectivity index (χ1n) is 5.37. The lowest BCUT2D eigenvalue weighted by atomic mass is 10.1. The highest BCUT2D eigenvalue weighted by Crippen LogP contribution is 1.96. The molecule has 0 spiro atoms. The molecule has 0 saturated carbocycles. The van der Waals surface area contributed by atoms with Crippen molar-refractivity contribution >= 4 is 5.97 Å². The quantitative estimate of drug-likeness (QED) is 0.458. The van der Waals surface area contributed by atoms with Crippen LogP contribution in [0, 0.1) is 0 Å². The predicted molar refractivity (Wildman–Crippen MR) is 56.9 cm³/mol. The first-order chi connectivity index (χ1) is 7.22. The summed E-state index contributed by atoms with van der Waals surface area (Å²) in [6.07, 6.45) is 2.26. The van der Waals surface area contributed by atoms with Crippen molar-refractivity contribution in [2.24, 2.45) is 0 Å². The number of hydrogen-bond acceptors (Lipinski definition) is 4. The number of hydrogen-bond donors (Lipinski definition) is 3. The van der Waals surface area contributed by atoms with Crippen molar-refractivity contribution in [3.8, 4) is 0 Å². The van der Waals surface area contributed by atoms with E-state index in [2.05, 4.69) is 5.32 Å². The van der Waals surface area contributed by atoms with E-state index in [0.29, 0.717) is 26.2 Å². The molecule has 0 amide bonds. The molecule has 0 fully saturated rings. The summed E-state index contributed by atoms with van der Waals surface area (Å²) in [5.74, 6) is -0.798. The van der Waals surface area contributed by atoms with Crippen LogP contribution in [0.25, 0.3) is 0 Å². The van der Waals surface area contributed by atoms with Crippen LogP contribution < -0.4 is 5.32 Å². The van der Waals surface area contributed by atoms with E-state index in [-0.39, 0.29) is 6.61 Å². The Morgan fingerprint density at radius 1 is 1.47 bits per heavy atom. The maximum absolute atomic E-state index is 10.7. The molecule has 0 aliphatic carbocycles. The molecule has 0 saturated heterocycles. The molecular weight excluding hydrogens is 198 g/mol. The van der Waals surface area contributed by atoms with Gasteiger partial charge in [0.1, 0.15) is 6.04 Å². The molecule has 90 valence electrons. The zero-order valence-electron chi connectivity index (χ0n) is 9.24. The Labute approximate surface area is 90.4 Å². The van der Waals surface area contributed by atoms with Gasteiger partial charge in [-0.1, -0.05) is 13.3 Å². The van der Waals surface area contributed by atoms with Crippen LogP contribution >= 0.6 is 0 Å². The van der Waals surface area contributed by atoms with Crippen molar-refractivity contribution in [3.05, 3.63) is 0 Å². The van der Waals surface area contributed by atoms with E-state index in [1.165, 1.54) is 0 Å². The molecule has 0 heterocycles. The molecule has 0 radical (unpaired) electrons. The Morgan fingerprint density at radius 2 is 2.20 bits per heavy atom. The van der Waals surface area contributed by atoms with Crippen LogP contribution in [-0.4, -0.2) is 48.6 Å². The van der Waals surface area contributed by atoms with Crippen molar-refractivity contribution in [1.82, 2.24) is 5.32 Å². The summed E-state index contributed by atoms with van der Waals surface area (Å²) in [6, 6.07) is -0.451. The third-order valence-corrected chi connectivity index (χ3v) is 1.97. The topological polar surface area (TPSA) is 78.8 Å². The van der Waals surface area contributed by atoms with Gasteiger partial charge in [0, 0.05) is 6.61 Å². The van der Waals surface area contributed by atoms with Crippen molar-refractivity contribution in [3.63, 3.8) is 0 Å². The van der Waals surface area contributed by atoms with Crippen molar-refractivity contribution in [1.29, 1.82) is 0 Å². The molecule has 1 unspecified atom stereocenters. The van der Waals surface area contributed by atoms with Crippen LogP contribution in [0.2, 0.25) is 0 Å². The van der Waals surface area contributed by atoms with E-state index >= 15 is 0 Å². The molecule has 5 heteroatoms. The lowest BCUT2D eigenvalue weighted by molar-refractivity contribution is -0.139. The van der Waals surface area contributed by atoms with Gasteiger partial charge in [0.2, 0.25) is 0 Å². The average molecular weight is 219 g/mol. The summed E-state index contributed by atoms with van der Waals surface area (Å²) in [5.41, 5.74) is 0. The van der Waals surface area contributed by atoms with Gasteiger partial charge in [0.25, 0.3) is 0 Å². The molecule has 0 bridgehead atoms. The Bertz CT molecular complexity index is 164. The highest BCUT2D eigenvalue weighted by atomic mass is 16.5. The highest BCUT2D eigenvalue weighted by molar-refractivity contribution is 5.73. The predicted octanol–water partition coefficient (Wildman–Crippen LogP) is 0.228. The lowest BCUT2D eigenvalue weighted by Crippen LogP contribution is -2.37. The minimum atomic E-state index is -0.798. The van der Waals surface area contributed by atoms with Gasteiger partial charge in [-0.05, 0) is 19.4 Å². The van der Waals surface area contributed by atoms with E-state index in [1.54, 1.807) is 0 Å². The number of carboxylic acids is 1. The van der Waals surface area contributed by atoms with Crippen LogP contribution in [-0.2, 0) is 9.53 Å². The van der Waals surface area contributed by atoms with Crippen LogP contribution in [0.1, 0.15) is 26.2 Å². The Morgan fingerprint density at radius 3 is 2.73 bits per heavy atom. The van der Waals surface area contributed by atoms with Gasteiger partial charge in [-0.2, -0.15) is 0 Å². The number of carbonyl (C=O) groups is 1. The second-order valence-electron chi connectivity index (χ2n) is 3.32. The van der Waals surface area contributed by atoms with Crippen LogP contribution in [0.4, 0.5) is 0 Å². The van der Waals surface area contributed by atoms with E-state index in [0.717, 1.165) is 12.8 Å². The van der Waals surface area contributed by atoms with Crippen LogP contribution in [0.5, 0.6) is 0 Å². The Balaban J connectivity index is 3.41. The molecular formula is C10H21NO4. The molecule has 0 aromatic carbocycles. The minimum absolute atomic E-state index is 0.0288. The Kier molecular flexibility index (Phi) is 9.46. The molecule has 0 aromatic heterocycles.